The van der Waals surface area contributed by atoms with E-state index in [9.17, 15) is 4.79 Å². The fraction of sp³-hybridized carbons (Fsp3) is 0.889. The lowest BCUT2D eigenvalue weighted by Crippen LogP contribution is -2.46. The molecule has 0 aromatic heterocycles. The van der Waals surface area contributed by atoms with E-state index in [-0.39, 0.29) is 23.1 Å². The first-order valence-electron chi connectivity index (χ1n) is 4.52. The van der Waals surface area contributed by atoms with Crippen LogP contribution in [-0.2, 0) is 4.79 Å². The summed E-state index contributed by atoms with van der Waals surface area (Å²) >= 11 is 1.74. The Balaban J connectivity index is 0.00000169. The second-order valence-electron chi connectivity index (χ2n) is 4.30. The summed E-state index contributed by atoms with van der Waals surface area (Å²) in [5.74, 6) is 0.00891. The summed E-state index contributed by atoms with van der Waals surface area (Å²) in [4.78, 5) is 11.4. The van der Waals surface area contributed by atoms with Crippen LogP contribution in [0.5, 0.6) is 0 Å². The highest BCUT2D eigenvalue weighted by Crippen LogP contribution is 2.32. The molecular formula is C9H19ClN2OS. The minimum Gasteiger partial charge on any atom is -0.353 e. The van der Waals surface area contributed by atoms with Crippen molar-refractivity contribution in [1.82, 2.24) is 5.32 Å². The molecule has 0 aromatic carbocycles. The van der Waals surface area contributed by atoms with E-state index < -0.39 is 5.54 Å². The number of hydrogen-bond donors (Lipinski definition) is 2. The zero-order valence-electron chi connectivity index (χ0n) is 8.92. The molecule has 1 amide bonds. The fourth-order valence-corrected chi connectivity index (χ4v) is 1.12. The molecule has 0 heterocycles. The summed E-state index contributed by atoms with van der Waals surface area (Å²) in [6, 6.07) is 0. The third-order valence-corrected chi connectivity index (χ3v) is 3.72. The van der Waals surface area contributed by atoms with E-state index in [2.05, 4.69) is 19.2 Å². The van der Waals surface area contributed by atoms with Crippen molar-refractivity contribution in [2.45, 2.75) is 37.0 Å². The standard InChI is InChI=1S/C9H18N2OS.ClH/c1-8(2,13-3)6-11-7(12)9(10)4-5-9;/h4-6,10H2,1-3H3,(H,11,12);1H. The van der Waals surface area contributed by atoms with Crippen LogP contribution in [0.1, 0.15) is 26.7 Å². The number of halogens is 1. The van der Waals surface area contributed by atoms with Crippen LogP contribution < -0.4 is 11.1 Å². The van der Waals surface area contributed by atoms with Crippen molar-refractivity contribution in [2.24, 2.45) is 5.73 Å². The van der Waals surface area contributed by atoms with Crippen molar-refractivity contribution < 1.29 is 4.79 Å². The van der Waals surface area contributed by atoms with Gasteiger partial charge in [-0.15, -0.1) is 12.4 Å². The first kappa shape index (κ1) is 14.1. The van der Waals surface area contributed by atoms with E-state index in [1.807, 2.05) is 6.26 Å². The molecule has 3 N–H and O–H groups in total. The van der Waals surface area contributed by atoms with Gasteiger partial charge in [-0.25, -0.2) is 0 Å². The number of carbonyl (C=O) groups is 1. The zero-order valence-corrected chi connectivity index (χ0v) is 10.6. The maximum Gasteiger partial charge on any atom is 0.240 e. The van der Waals surface area contributed by atoms with Crippen LogP contribution >= 0.6 is 24.2 Å². The van der Waals surface area contributed by atoms with Gasteiger partial charge in [0.15, 0.2) is 0 Å². The Kier molecular flexibility index (Phi) is 4.75. The highest BCUT2D eigenvalue weighted by Gasteiger charge is 2.46. The third-order valence-electron chi connectivity index (χ3n) is 2.47. The van der Waals surface area contributed by atoms with Gasteiger partial charge in [0.2, 0.25) is 5.91 Å². The molecule has 0 radical (unpaired) electrons. The van der Waals surface area contributed by atoms with Crippen molar-refractivity contribution in [1.29, 1.82) is 0 Å². The first-order valence-corrected chi connectivity index (χ1v) is 5.74. The maximum atomic E-state index is 11.4. The molecule has 1 fully saturated rings. The molecule has 0 saturated heterocycles. The Hall–Kier alpha value is 0.0700. The number of hydrogen-bond acceptors (Lipinski definition) is 3. The van der Waals surface area contributed by atoms with Crippen LogP contribution in [0.4, 0.5) is 0 Å². The molecule has 5 heteroatoms. The molecule has 1 aliphatic carbocycles. The van der Waals surface area contributed by atoms with Gasteiger partial charge in [-0.1, -0.05) is 0 Å². The van der Waals surface area contributed by atoms with Crippen molar-refractivity contribution in [2.75, 3.05) is 12.8 Å². The fourth-order valence-electron chi connectivity index (χ4n) is 0.903. The Labute approximate surface area is 96.0 Å². The Morgan fingerprint density at radius 3 is 2.43 bits per heavy atom. The topological polar surface area (TPSA) is 55.1 Å². The predicted molar refractivity (Wildman–Crippen MR) is 64.0 cm³/mol. The second-order valence-corrected chi connectivity index (χ2v) is 5.82. The molecule has 1 rings (SSSR count). The van der Waals surface area contributed by atoms with Crippen LogP contribution in [0.3, 0.4) is 0 Å². The summed E-state index contributed by atoms with van der Waals surface area (Å²) in [5, 5.41) is 2.89. The van der Waals surface area contributed by atoms with Crippen LogP contribution in [-0.4, -0.2) is 29.0 Å². The molecule has 14 heavy (non-hydrogen) atoms. The van der Waals surface area contributed by atoms with Gasteiger partial charge in [0, 0.05) is 11.3 Å². The summed E-state index contributed by atoms with van der Waals surface area (Å²) in [6.07, 6.45) is 3.71. The third kappa shape index (κ3) is 3.67. The summed E-state index contributed by atoms with van der Waals surface area (Å²) in [5.41, 5.74) is 5.21. The molecule has 0 aliphatic heterocycles. The van der Waals surface area contributed by atoms with Gasteiger partial charge < -0.3 is 11.1 Å². The van der Waals surface area contributed by atoms with Crippen molar-refractivity contribution in [3.63, 3.8) is 0 Å². The number of nitrogens with one attached hydrogen (secondary N) is 1. The predicted octanol–water partition coefficient (Wildman–Crippen LogP) is 1.16. The van der Waals surface area contributed by atoms with E-state index in [1.54, 1.807) is 11.8 Å². The number of thioether (sulfide) groups is 1. The van der Waals surface area contributed by atoms with Crippen LogP contribution in [0, 0.1) is 0 Å². The van der Waals surface area contributed by atoms with E-state index in [0.29, 0.717) is 6.54 Å². The van der Waals surface area contributed by atoms with Crippen LogP contribution in [0.15, 0.2) is 0 Å². The molecule has 0 bridgehead atoms. The van der Waals surface area contributed by atoms with Gasteiger partial charge in [0.1, 0.15) is 0 Å². The monoisotopic (exact) mass is 238 g/mol. The van der Waals surface area contributed by atoms with E-state index in [4.69, 9.17) is 5.73 Å². The normalized spacial score (nSPS) is 18.3. The highest BCUT2D eigenvalue weighted by atomic mass is 35.5. The first-order chi connectivity index (χ1) is 5.90. The van der Waals surface area contributed by atoms with Gasteiger partial charge in [0.05, 0.1) is 5.54 Å². The van der Waals surface area contributed by atoms with Gasteiger partial charge in [-0.2, -0.15) is 11.8 Å². The van der Waals surface area contributed by atoms with E-state index >= 15 is 0 Å². The minimum atomic E-state index is -0.533. The van der Waals surface area contributed by atoms with Gasteiger partial charge in [-0.3, -0.25) is 4.79 Å². The lowest BCUT2D eigenvalue weighted by atomic mass is 10.2. The molecule has 1 aliphatic rings. The molecular weight excluding hydrogens is 220 g/mol. The Bertz CT molecular complexity index is 217. The van der Waals surface area contributed by atoms with Gasteiger partial charge >= 0.3 is 0 Å². The molecule has 84 valence electrons. The molecule has 0 spiro atoms. The molecule has 0 aromatic rings. The largest absolute Gasteiger partial charge is 0.353 e. The quantitative estimate of drug-likeness (QED) is 0.773. The summed E-state index contributed by atoms with van der Waals surface area (Å²) in [7, 11) is 0. The SMILES string of the molecule is CSC(C)(C)CNC(=O)C1(N)CC1.Cl. The Morgan fingerprint density at radius 1 is 1.57 bits per heavy atom. The zero-order chi connectivity index (χ0) is 10.1. The van der Waals surface area contributed by atoms with Crippen molar-refractivity contribution in [3.8, 4) is 0 Å². The summed E-state index contributed by atoms with van der Waals surface area (Å²) in [6.45, 7) is 4.90. The Morgan fingerprint density at radius 2 is 2.07 bits per heavy atom. The van der Waals surface area contributed by atoms with Crippen LogP contribution in [0.25, 0.3) is 0 Å². The van der Waals surface area contributed by atoms with Crippen molar-refractivity contribution >= 4 is 30.1 Å². The van der Waals surface area contributed by atoms with E-state index in [0.717, 1.165) is 12.8 Å². The van der Waals surface area contributed by atoms with Gasteiger partial charge in [0.25, 0.3) is 0 Å². The minimum absolute atomic E-state index is 0. The lowest BCUT2D eigenvalue weighted by Gasteiger charge is -2.23. The molecule has 3 nitrogen and oxygen atoms in total. The van der Waals surface area contributed by atoms with E-state index in [1.165, 1.54) is 0 Å². The number of amides is 1. The van der Waals surface area contributed by atoms with Crippen molar-refractivity contribution in [3.05, 3.63) is 0 Å². The average Bonchev–Trinajstić information content (AvgIpc) is 2.81. The van der Waals surface area contributed by atoms with Gasteiger partial charge in [-0.05, 0) is 32.9 Å². The maximum absolute atomic E-state index is 11.4. The smallest absolute Gasteiger partial charge is 0.240 e. The molecule has 0 atom stereocenters. The molecule has 0 unspecified atom stereocenters. The number of rotatable bonds is 4. The number of carbonyl (C=O) groups excluding carboxylic acids is 1. The number of nitrogens with two attached hydrogens (primary N) is 1. The average molecular weight is 239 g/mol. The molecule has 1 saturated carbocycles. The summed E-state index contributed by atoms with van der Waals surface area (Å²) < 4.78 is 0.0981. The van der Waals surface area contributed by atoms with Crippen LogP contribution in [0.2, 0.25) is 0 Å². The highest BCUT2D eigenvalue weighted by molar-refractivity contribution is 7.99. The lowest BCUT2D eigenvalue weighted by molar-refractivity contribution is -0.123. The second kappa shape index (κ2) is 4.73.